The Morgan fingerprint density at radius 1 is 0.583 bits per heavy atom. The Bertz CT molecular complexity index is 239. The van der Waals surface area contributed by atoms with Crippen LogP contribution in [0.1, 0.15) is 0 Å². The highest BCUT2D eigenvalue weighted by atomic mass is 16.2. The van der Waals surface area contributed by atoms with Gasteiger partial charge in [-0.2, -0.15) is 0 Å². The molecule has 0 saturated heterocycles. The summed E-state index contributed by atoms with van der Waals surface area (Å²) in [6.45, 7) is 13.9. The Kier molecular flexibility index (Phi) is 1.69. The van der Waals surface area contributed by atoms with E-state index in [9.17, 15) is 9.59 Å². The van der Waals surface area contributed by atoms with Crippen LogP contribution in [0.2, 0.25) is 0 Å². The van der Waals surface area contributed by atoms with Crippen molar-refractivity contribution in [3.05, 3.63) is 48.6 Å². The van der Waals surface area contributed by atoms with Gasteiger partial charge in [0.25, 0.3) is 0 Å². The van der Waals surface area contributed by atoms with E-state index in [0.29, 0.717) is 5.57 Å². The van der Waals surface area contributed by atoms with E-state index >= 15 is 0 Å². The average molecular weight is 160 g/mol. The molecule has 1 aliphatic rings. The molecule has 0 radical (unpaired) electrons. The molecule has 0 spiro atoms. The van der Waals surface area contributed by atoms with Gasteiger partial charge in [0.05, 0.1) is 5.57 Å². The molecule has 60 valence electrons. The van der Waals surface area contributed by atoms with Gasteiger partial charge >= 0.3 is 0 Å². The van der Waals surface area contributed by atoms with Crippen LogP contribution < -0.4 is 0 Å². The van der Waals surface area contributed by atoms with Crippen LogP contribution in [-0.4, -0.2) is 11.6 Å². The monoisotopic (exact) mass is 160 g/mol. The van der Waals surface area contributed by atoms with Crippen molar-refractivity contribution in [2.75, 3.05) is 0 Å². The average Bonchev–Trinajstić information content (AvgIpc) is 2.08. The highest BCUT2D eigenvalue weighted by Gasteiger charge is 2.30. The second kappa shape index (κ2) is 2.41. The molecule has 0 aromatic carbocycles. The summed E-state index contributed by atoms with van der Waals surface area (Å²) in [5.41, 5.74) is 0.670. The topological polar surface area (TPSA) is 34.1 Å². The van der Waals surface area contributed by atoms with Crippen molar-refractivity contribution >= 4 is 11.6 Å². The lowest BCUT2D eigenvalue weighted by atomic mass is 9.83. The van der Waals surface area contributed by atoms with Crippen molar-refractivity contribution in [2.24, 2.45) is 0 Å². The van der Waals surface area contributed by atoms with Crippen molar-refractivity contribution in [1.29, 1.82) is 0 Å². The number of rotatable bonds is 0. The second-order valence-corrected chi connectivity index (χ2v) is 2.57. The van der Waals surface area contributed by atoms with Crippen LogP contribution in [0.5, 0.6) is 0 Å². The van der Waals surface area contributed by atoms with Gasteiger partial charge in [0.2, 0.25) is 0 Å². The minimum Gasteiger partial charge on any atom is -0.288 e. The van der Waals surface area contributed by atoms with Crippen molar-refractivity contribution in [1.82, 2.24) is 0 Å². The number of allylic oxidation sites excluding steroid dienone is 4. The summed E-state index contributed by atoms with van der Waals surface area (Å²) in [5, 5.41) is 0. The van der Waals surface area contributed by atoms with E-state index in [4.69, 9.17) is 0 Å². The molecule has 1 aliphatic carbocycles. The van der Waals surface area contributed by atoms with Crippen molar-refractivity contribution in [2.45, 2.75) is 0 Å². The minimum atomic E-state index is -0.433. The fourth-order valence-electron chi connectivity index (χ4n) is 0.924. The number of carbonyl (C=O) groups excluding carboxylic acids is 2. The number of Topliss-reactive ketones (excluding diaryl/α,β-unsaturated/α-hetero) is 2. The van der Waals surface area contributed by atoms with Gasteiger partial charge in [0.1, 0.15) is 0 Å². The molecule has 0 N–H and O–H groups in total. The molecule has 0 aromatic heterocycles. The number of carbonyl (C=O) groups is 2. The zero-order chi connectivity index (χ0) is 9.46. The van der Waals surface area contributed by atoms with E-state index in [1.165, 1.54) is 0 Å². The van der Waals surface area contributed by atoms with Crippen LogP contribution in [0.15, 0.2) is 48.6 Å². The Labute approximate surface area is 70.6 Å². The summed E-state index contributed by atoms with van der Waals surface area (Å²) >= 11 is 0. The molecule has 0 aliphatic heterocycles. The first-order valence-electron chi connectivity index (χ1n) is 3.32. The lowest BCUT2D eigenvalue weighted by Crippen LogP contribution is -2.23. The molecule has 2 heteroatoms. The minimum absolute atomic E-state index is 0.0719. The Hall–Kier alpha value is -1.70. The van der Waals surface area contributed by atoms with Gasteiger partial charge in [-0.05, 0) is 5.57 Å². The van der Waals surface area contributed by atoms with Gasteiger partial charge in [-0.1, -0.05) is 26.3 Å². The number of hydrogen-bond donors (Lipinski definition) is 0. The number of ketones is 2. The maximum Gasteiger partial charge on any atom is 0.196 e. The third-order valence-electron chi connectivity index (χ3n) is 1.82. The molecule has 1 rings (SSSR count). The molecule has 1 fully saturated rings. The van der Waals surface area contributed by atoms with E-state index in [-0.39, 0.29) is 16.7 Å². The van der Waals surface area contributed by atoms with Gasteiger partial charge in [0.15, 0.2) is 11.6 Å². The summed E-state index contributed by atoms with van der Waals surface area (Å²) in [7, 11) is 0. The first-order valence-corrected chi connectivity index (χ1v) is 3.32. The Morgan fingerprint density at radius 3 is 1.25 bits per heavy atom. The summed E-state index contributed by atoms with van der Waals surface area (Å²) in [6, 6.07) is 0. The van der Waals surface area contributed by atoms with E-state index in [1.54, 1.807) is 0 Å². The summed E-state index contributed by atoms with van der Waals surface area (Å²) in [6.07, 6.45) is 0. The van der Waals surface area contributed by atoms with Crippen LogP contribution in [-0.2, 0) is 9.59 Å². The SMILES string of the molecule is C=C1C(=C)C(=O)C(=C)C(=O)C1=C. The fourth-order valence-corrected chi connectivity index (χ4v) is 0.924. The molecule has 0 unspecified atom stereocenters. The summed E-state index contributed by atoms with van der Waals surface area (Å²) in [4.78, 5) is 22.3. The Morgan fingerprint density at radius 2 is 0.917 bits per heavy atom. The smallest absolute Gasteiger partial charge is 0.196 e. The zero-order valence-corrected chi connectivity index (χ0v) is 6.64. The fraction of sp³-hybridized carbons (Fsp3) is 0. The molecular formula is C10H8O2. The van der Waals surface area contributed by atoms with Gasteiger partial charge in [-0.15, -0.1) is 0 Å². The molecule has 12 heavy (non-hydrogen) atoms. The molecule has 0 atom stereocenters. The highest BCUT2D eigenvalue weighted by Crippen LogP contribution is 2.27. The van der Waals surface area contributed by atoms with Gasteiger partial charge in [-0.3, -0.25) is 9.59 Å². The van der Waals surface area contributed by atoms with Crippen LogP contribution in [0.4, 0.5) is 0 Å². The van der Waals surface area contributed by atoms with Crippen molar-refractivity contribution in [3.8, 4) is 0 Å². The molecule has 1 saturated carbocycles. The first-order chi connectivity index (χ1) is 5.46. The Balaban J connectivity index is 3.25. The van der Waals surface area contributed by atoms with Crippen LogP contribution in [0.25, 0.3) is 0 Å². The zero-order valence-electron chi connectivity index (χ0n) is 6.64. The van der Waals surface area contributed by atoms with Crippen LogP contribution >= 0.6 is 0 Å². The quantitative estimate of drug-likeness (QED) is 0.396. The second-order valence-electron chi connectivity index (χ2n) is 2.57. The maximum atomic E-state index is 11.2. The number of hydrogen-bond acceptors (Lipinski definition) is 2. The van der Waals surface area contributed by atoms with Crippen molar-refractivity contribution < 1.29 is 9.59 Å². The highest BCUT2D eigenvalue weighted by molar-refractivity contribution is 6.36. The molecule has 0 aromatic rings. The standard InChI is InChI=1S/C10H8O2/c1-5-6(2)9(11)8(4)10(12)7(5)3/h1-4H2. The summed E-state index contributed by atoms with van der Waals surface area (Å²) < 4.78 is 0. The van der Waals surface area contributed by atoms with E-state index in [2.05, 4.69) is 26.3 Å². The van der Waals surface area contributed by atoms with Gasteiger partial charge < -0.3 is 0 Å². The normalized spacial score (nSPS) is 19.0. The van der Waals surface area contributed by atoms with E-state index < -0.39 is 11.6 Å². The van der Waals surface area contributed by atoms with Crippen LogP contribution in [0, 0.1) is 0 Å². The van der Waals surface area contributed by atoms with Gasteiger partial charge in [-0.25, -0.2) is 0 Å². The third-order valence-corrected chi connectivity index (χ3v) is 1.82. The summed E-state index contributed by atoms with van der Waals surface area (Å²) in [5.74, 6) is -0.866. The lowest BCUT2D eigenvalue weighted by Gasteiger charge is -2.17. The van der Waals surface area contributed by atoms with Crippen molar-refractivity contribution in [3.63, 3.8) is 0 Å². The molecular weight excluding hydrogens is 152 g/mol. The first kappa shape index (κ1) is 8.40. The van der Waals surface area contributed by atoms with Crippen LogP contribution in [0.3, 0.4) is 0 Å². The predicted molar refractivity (Wildman–Crippen MR) is 46.6 cm³/mol. The largest absolute Gasteiger partial charge is 0.288 e. The van der Waals surface area contributed by atoms with E-state index in [0.717, 1.165) is 0 Å². The molecule has 0 amide bonds. The molecule has 0 heterocycles. The van der Waals surface area contributed by atoms with Gasteiger partial charge in [0, 0.05) is 11.1 Å². The maximum absolute atomic E-state index is 11.2. The van der Waals surface area contributed by atoms with E-state index in [1.807, 2.05) is 0 Å². The third kappa shape index (κ3) is 0.889. The lowest BCUT2D eigenvalue weighted by molar-refractivity contribution is -0.118. The molecule has 2 nitrogen and oxygen atoms in total. The predicted octanol–water partition coefficient (Wildman–Crippen LogP) is 1.36. The molecule has 0 bridgehead atoms.